The van der Waals surface area contributed by atoms with Crippen LogP contribution in [0, 0.1) is 11.3 Å². The van der Waals surface area contributed by atoms with Gasteiger partial charge < -0.3 is 9.47 Å². The summed E-state index contributed by atoms with van der Waals surface area (Å²) in [6.45, 7) is 5.36. The maximum atomic E-state index is 8.89. The predicted molar refractivity (Wildman–Crippen MR) is 70.4 cm³/mol. The fourth-order valence-electron chi connectivity index (χ4n) is 1.46. The van der Waals surface area contributed by atoms with Crippen molar-refractivity contribution in [2.45, 2.75) is 25.9 Å². The first kappa shape index (κ1) is 14.5. The largest absolute Gasteiger partial charge is 0.491 e. The van der Waals surface area contributed by atoms with Gasteiger partial charge in [-0.05, 0) is 26.0 Å². The molecule has 1 unspecified atom stereocenters. The molecule has 1 atom stereocenters. The van der Waals surface area contributed by atoms with Gasteiger partial charge in [-0.2, -0.15) is 5.26 Å². The monoisotopic (exact) mass is 248 g/mol. The molecule has 0 heterocycles. The van der Waals surface area contributed by atoms with E-state index in [0.717, 1.165) is 5.75 Å². The zero-order valence-electron chi connectivity index (χ0n) is 10.9. The second-order valence-corrected chi connectivity index (χ2v) is 4.24. The molecule has 0 aliphatic rings. The maximum Gasteiger partial charge on any atom is 0.119 e. The van der Waals surface area contributed by atoms with Crippen molar-refractivity contribution in [3.8, 4) is 11.8 Å². The minimum atomic E-state index is -0.262. The Hall–Kier alpha value is -1.57. The van der Waals surface area contributed by atoms with E-state index in [9.17, 15) is 0 Å². The van der Waals surface area contributed by atoms with Crippen LogP contribution in [0.15, 0.2) is 30.3 Å². The standard InChI is InChI=1S/C14H20N2O2/c1-12(2)16-13(10-15)11-17-8-9-18-14-6-4-3-5-7-14/h3-7,12-13,16H,8-9,11H2,1-2H3. The van der Waals surface area contributed by atoms with Gasteiger partial charge in [-0.3, -0.25) is 5.32 Å². The fraction of sp³-hybridized carbons (Fsp3) is 0.500. The molecule has 0 saturated carbocycles. The highest BCUT2D eigenvalue weighted by Crippen LogP contribution is 2.07. The number of hydrogen-bond donors (Lipinski definition) is 1. The van der Waals surface area contributed by atoms with Crippen molar-refractivity contribution in [3.05, 3.63) is 30.3 Å². The van der Waals surface area contributed by atoms with Crippen LogP contribution in [-0.4, -0.2) is 31.9 Å². The summed E-state index contributed by atoms with van der Waals surface area (Å²) >= 11 is 0. The Morgan fingerprint density at radius 2 is 1.94 bits per heavy atom. The van der Waals surface area contributed by atoms with Crippen LogP contribution in [0.1, 0.15) is 13.8 Å². The van der Waals surface area contributed by atoms with Crippen molar-refractivity contribution in [2.75, 3.05) is 19.8 Å². The highest BCUT2D eigenvalue weighted by Gasteiger charge is 2.07. The summed E-state index contributed by atoms with van der Waals surface area (Å²) in [6.07, 6.45) is 0. The number of nitriles is 1. The van der Waals surface area contributed by atoms with Gasteiger partial charge in [0.15, 0.2) is 0 Å². The lowest BCUT2D eigenvalue weighted by Gasteiger charge is -2.14. The second-order valence-electron chi connectivity index (χ2n) is 4.24. The Morgan fingerprint density at radius 1 is 1.22 bits per heavy atom. The predicted octanol–water partition coefficient (Wildman–Crippen LogP) is 1.97. The lowest BCUT2D eigenvalue weighted by atomic mass is 10.3. The normalized spacial score (nSPS) is 12.1. The van der Waals surface area contributed by atoms with Gasteiger partial charge >= 0.3 is 0 Å². The van der Waals surface area contributed by atoms with Crippen LogP contribution < -0.4 is 10.1 Å². The van der Waals surface area contributed by atoms with Gasteiger partial charge in [-0.15, -0.1) is 0 Å². The third-order valence-corrected chi connectivity index (χ3v) is 2.21. The average molecular weight is 248 g/mol. The lowest BCUT2D eigenvalue weighted by Crippen LogP contribution is -2.37. The molecule has 0 aliphatic carbocycles. The topological polar surface area (TPSA) is 54.3 Å². The number of para-hydroxylation sites is 1. The van der Waals surface area contributed by atoms with Crippen molar-refractivity contribution in [1.82, 2.24) is 5.32 Å². The number of nitrogens with zero attached hydrogens (tertiary/aromatic N) is 1. The van der Waals surface area contributed by atoms with Crippen LogP contribution in [0.2, 0.25) is 0 Å². The first-order chi connectivity index (χ1) is 8.72. The minimum absolute atomic E-state index is 0.262. The molecule has 18 heavy (non-hydrogen) atoms. The van der Waals surface area contributed by atoms with E-state index in [1.165, 1.54) is 0 Å². The Morgan fingerprint density at radius 3 is 2.56 bits per heavy atom. The summed E-state index contributed by atoms with van der Waals surface area (Å²) in [5.41, 5.74) is 0. The van der Waals surface area contributed by atoms with E-state index in [2.05, 4.69) is 11.4 Å². The third-order valence-electron chi connectivity index (χ3n) is 2.21. The lowest BCUT2D eigenvalue weighted by molar-refractivity contribution is 0.0909. The molecule has 4 nitrogen and oxygen atoms in total. The molecule has 4 heteroatoms. The highest BCUT2D eigenvalue weighted by atomic mass is 16.5. The molecule has 0 aromatic heterocycles. The first-order valence-corrected chi connectivity index (χ1v) is 6.13. The van der Waals surface area contributed by atoms with E-state index >= 15 is 0 Å². The molecular formula is C14H20N2O2. The van der Waals surface area contributed by atoms with E-state index in [-0.39, 0.29) is 12.1 Å². The second kappa shape index (κ2) is 8.51. The number of nitrogens with one attached hydrogen (secondary N) is 1. The zero-order chi connectivity index (χ0) is 13.2. The van der Waals surface area contributed by atoms with Gasteiger partial charge in [-0.25, -0.2) is 0 Å². The summed E-state index contributed by atoms with van der Waals surface area (Å²) < 4.78 is 10.9. The quantitative estimate of drug-likeness (QED) is 0.715. The molecule has 0 bridgehead atoms. The number of rotatable bonds is 8. The minimum Gasteiger partial charge on any atom is -0.491 e. The van der Waals surface area contributed by atoms with Gasteiger partial charge in [0.1, 0.15) is 18.4 Å². The summed E-state index contributed by atoms with van der Waals surface area (Å²) in [7, 11) is 0. The molecular weight excluding hydrogens is 228 g/mol. The number of benzene rings is 1. The Bertz CT molecular complexity index is 360. The van der Waals surface area contributed by atoms with Crippen molar-refractivity contribution in [1.29, 1.82) is 5.26 Å². The van der Waals surface area contributed by atoms with Crippen LogP contribution in [0.25, 0.3) is 0 Å². The average Bonchev–Trinajstić information content (AvgIpc) is 2.37. The molecule has 1 rings (SSSR count). The molecule has 0 amide bonds. The Labute approximate surface area is 109 Å². The van der Waals surface area contributed by atoms with Crippen LogP contribution in [0.3, 0.4) is 0 Å². The number of ether oxygens (including phenoxy) is 2. The summed E-state index contributed by atoms with van der Waals surface area (Å²) in [4.78, 5) is 0. The summed E-state index contributed by atoms with van der Waals surface area (Å²) in [5.74, 6) is 0.832. The molecule has 0 spiro atoms. The SMILES string of the molecule is CC(C)NC(C#N)COCCOc1ccccc1. The number of hydrogen-bond acceptors (Lipinski definition) is 4. The molecule has 0 saturated heterocycles. The van der Waals surface area contributed by atoms with Crippen molar-refractivity contribution in [3.63, 3.8) is 0 Å². The highest BCUT2D eigenvalue weighted by molar-refractivity contribution is 5.20. The van der Waals surface area contributed by atoms with Crippen molar-refractivity contribution < 1.29 is 9.47 Å². The van der Waals surface area contributed by atoms with Crippen LogP contribution in [0.4, 0.5) is 0 Å². The molecule has 1 N–H and O–H groups in total. The molecule has 0 radical (unpaired) electrons. The Kier molecular flexibility index (Phi) is 6.85. The van der Waals surface area contributed by atoms with E-state index in [1.54, 1.807) is 0 Å². The zero-order valence-corrected chi connectivity index (χ0v) is 10.9. The molecule has 98 valence electrons. The van der Waals surface area contributed by atoms with E-state index in [0.29, 0.717) is 19.8 Å². The van der Waals surface area contributed by atoms with Gasteiger partial charge in [0, 0.05) is 6.04 Å². The first-order valence-electron chi connectivity index (χ1n) is 6.13. The van der Waals surface area contributed by atoms with Gasteiger partial charge in [-0.1, -0.05) is 18.2 Å². The smallest absolute Gasteiger partial charge is 0.119 e. The summed E-state index contributed by atoms with van der Waals surface area (Å²) in [5, 5.41) is 12.0. The van der Waals surface area contributed by atoms with Crippen LogP contribution >= 0.6 is 0 Å². The molecule has 1 aromatic carbocycles. The van der Waals surface area contributed by atoms with Gasteiger partial charge in [0.2, 0.25) is 0 Å². The van der Waals surface area contributed by atoms with Gasteiger partial charge in [0.25, 0.3) is 0 Å². The molecule has 0 fully saturated rings. The van der Waals surface area contributed by atoms with E-state index in [1.807, 2.05) is 44.2 Å². The third kappa shape index (κ3) is 6.24. The van der Waals surface area contributed by atoms with Gasteiger partial charge in [0.05, 0.1) is 19.3 Å². The fourth-order valence-corrected chi connectivity index (χ4v) is 1.46. The van der Waals surface area contributed by atoms with Crippen molar-refractivity contribution >= 4 is 0 Å². The Balaban J connectivity index is 2.10. The summed E-state index contributed by atoms with van der Waals surface area (Å²) in [6, 6.07) is 11.8. The van der Waals surface area contributed by atoms with E-state index < -0.39 is 0 Å². The van der Waals surface area contributed by atoms with Crippen LogP contribution in [-0.2, 0) is 4.74 Å². The maximum absolute atomic E-state index is 8.89. The van der Waals surface area contributed by atoms with Crippen molar-refractivity contribution in [2.24, 2.45) is 0 Å². The van der Waals surface area contributed by atoms with Crippen LogP contribution in [0.5, 0.6) is 5.75 Å². The van der Waals surface area contributed by atoms with E-state index in [4.69, 9.17) is 14.7 Å². The molecule has 0 aliphatic heterocycles. The molecule has 1 aromatic rings.